The maximum Gasteiger partial charge on any atom is 0.407 e. The second kappa shape index (κ2) is 13.3. The summed E-state index contributed by atoms with van der Waals surface area (Å²) < 4.78 is 44.9. The van der Waals surface area contributed by atoms with Crippen LogP contribution < -0.4 is 5.32 Å². The van der Waals surface area contributed by atoms with Gasteiger partial charge in [-0.15, -0.1) is 0 Å². The van der Waals surface area contributed by atoms with E-state index in [0.29, 0.717) is 19.4 Å². The molecule has 5 atom stereocenters. The van der Waals surface area contributed by atoms with Crippen LogP contribution in [-0.2, 0) is 35.5 Å². The highest BCUT2D eigenvalue weighted by Gasteiger charge is 2.44. The third-order valence-corrected chi connectivity index (χ3v) is 9.36. The zero-order chi connectivity index (χ0) is 28.8. The number of hydrogen-bond donors (Lipinski definition) is 2. The van der Waals surface area contributed by atoms with Gasteiger partial charge in [-0.1, -0.05) is 53.7 Å². The molecule has 0 bridgehead atoms. The van der Waals surface area contributed by atoms with Gasteiger partial charge in [0.05, 0.1) is 60.5 Å². The maximum absolute atomic E-state index is 13.7. The monoisotopic (exact) mass is 585 g/mol. The summed E-state index contributed by atoms with van der Waals surface area (Å²) in [6.45, 7) is 0.310. The second-order valence-corrected chi connectivity index (χ2v) is 12.4. The topological polar surface area (TPSA) is 147 Å². The van der Waals surface area contributed by atoms with Crippen LogP contribution in [0.25, 0.3) is 0 Å². The lowest BCUT2D eigenvalue weighted by Crippen LogP contribution is -2.51. The highest BCUT2D eigenvalue weighted by molar-refractivity contribution is 7.89. The number of nitrogens with one attached hydrogen (secondary N) is 1. The van der Waals surface area contributed by atoms with Gasteiger partial charge in [0.25, 0.3) is 10.0 Å². The number of benzene rings is 2. The number of hydroxylamine groups is 1. The van der Waals surface area contributed by atoms with E-state index in [1.165, 1.54) is 24.3 Å². The van der Waals surface area contributed by atoms with Crippen LogP contribution in [-0.4, -0.2) is 74.5 Å². The lowest BCUT2D eigenvalue weighted by Gasteiger charge is -2.31. The van der Waals surface area contributed by atoms with E-state index in [-0.39, 0.29) is 41.8 Å². The van der Waals surface area contributed by atoms with Gasteiger partial charge >= 0.3 is 6.09 Å². The van der Waals surface area contributed by atoms with Crippen LogP contribution in [0.4, 0.5) is 4.79 Å². The first-order valence-electron chi connectivity index (χ1n) is 14.0. The Morgan fingerprint density at radius 1 is 1.12 bits per heavy atom. The Balaban J connectivity index is 1.35. The molecule has 12 heteroatoms. The summed E-state index contributed by atoms with van der Waals surface area (Å²) in [6, 6.07) is 16.0. The minimum Gasteiger partial charge on any atom is -0.443 e. The van der Waals surface area contributed by atoms with Crippen molar-refractivity contribution in [2.75, 3.05) is 19.8 Å². The molecule has 1 saturated carbocycles. The van der Waals surface area contributed by atoms with E-state index in [0.717, 1.165) is 29.3 Å². The Morgan fingerprint density at radius 2 is 1.90 bits per heavy atom. The summed E-state index contributed by atoms with van der Waals surface area (Å²) in [4.78, 5) is 18.9. The van der Waals surface area contributed by atoms with Crippen molar-refractivity contribution >= 4 is 16.1 Å². The number of aliphatic hydroxyl groups excluding tert-OH is 1. The Hall–Kier alpha value is -3.05. The SMILES string of the molecule is N#Cc1cccc(S(=O)(=O)N(CC(O)C(Cc2ccccc2)NC(=O)OC2COC3OCCC23)OC2CCCC2)c1. The minimum absolute atomic E-state index is 0.0529. The molecule has 11 nitrogen and oxygen atoms in total. The smallest absolute Gasteiger partial charge is 0.407 e. The molecule has 0 aromatic heterocycles. The number of nitriles is 1. The van der Waals surface area contributed by atoms with Crippen LogP contribution in [0.5, 0.6) is 0 Å². The lowest BCUT2D eigenvalue weighted by molar-refractivity contribution is -0.145. The average molecular weight is 586 g/mol. The number of sulfonamides is 1. The molecule has 2 aliphatic heterocycles. The summed E-state index contributed by atoms with van der Waals surface area (Å²) in [5.74, 6) is -0.0529. The molecule has 5 unspecified atom stereocenters. The first-order valence-corrected chi connectivity index (χ1v) is 15.4. The van der Waals surface area contributed by atoms with Crippen LogP contribution in [0.3, 0.4) is 0 Å². The van der Waals surface area contributed by atoms with Crippen molar-refractivity contribution in [1.29, 1.82) is 5.26 Å². The summed E-state index contributed by atoms with van der Waals surface area (Å²) >= 11 is 0. The number of aliphatic hydroxyl groups is 1. The number of alkyl carbamates (subject to hydrolysis) is 1. The molecule has 1 aliphatic carbocycles. The molecule has 2 aromatic carbocycles. The maximum atomic E-state index is 13.7. The van der Waals surface area contributed by atoms with Gasteiger partial charge in [0, 0.05) is 0 Å². The molecule has 41 heavy (non-hydrogen) atoms. The predicted octanol–water partition coefficient (Wildman–Crippen LogP) is 2.88. The van der Waals surface area contributed by atoms with Gasteiger partial charge in [0.15, 0.2) is 6.29 Å². The highest BCUT2D eigenvalue weighted by Crippen LogP contribution is 2.33. The highest BCUT2D eigenvalue weighted by atomic mass is 32.2. The number of rotatable bonds is 11. The molecular formula is C29H35N3O8S. The van der Waals surface area contributed by atoms with Crippen LogP contribution in [0.15, 0.2) is 59.5 Å². The number of carbonyl (C=O) groups is 1. The van der Waals surface area contributed by atoms with Gasteiger partial charge in [0.1, 0.15) is 6.10 Å². The molecule has 3 aliphatic rings. The van der Waals surface area contributed by atoms with Gasteiger partial charge in [0.2, 0.25) is 0 Å². The van der Waals surface area contributed by atoms with Crippen molar-refractivity contribution in [1.82, 2.24) is 9.79 Å². The van der Waals surface area contributed by atoms with E-state index in [1.54, 1.807) is 0 Å². The molecule has 220 valence electrons. The molecule has 0 spiro atoms. The Kier molecular flexibility index (Phi) is 9.54. The third-order valence-electron chi connectivity index (χ3n) is 7.74. The fourth-order valence-corrected chi connectivity index (χ4v) is 6.85. The van der Waals surface area contributed by atoms with Crippen molar-refractivity contribution in [2.24, 2.45) is 5.92 Å². The first kappa shape index (κ1) is 29.4. The predicted molar refractivity (Wildman–Crippen MR) is 146 cm³/mol. The van der Waals surface area contributed by atoms with Crippen LogP contribution in [0, 0.1) is 17.2 Å². The molecule has 5 rings (SSSR count). The number of fused-ring (bicyclic) bond motifs is 1. The fourth-order valence-electron chi connectivity index (χ4n) is 5.50. The number of amides is 1. The Labute approximate surface area is 240 Å². The number of hydrogen-bond acceptors (Lipinski definition) is 9. The van der Waals surface area contributed by atoms with E-state index in [1.807, 2.05) is 36.4 Å². The normalized spacial score (nSPS) is 24.1. The summed E-state index contributed by atoms with van der Waals surface area (Å²) in [5, 5.41) is 23.5. The minimum atomic E-state index is -4.25. The van der Waals surface area contributed by atoms with Gasteiger partial charge in [-0.05, 0) is 49.4 Å². The van der Waals surface area contributed by atoms with Crippen LogP contribution in [0.1, 0.15) is 43.2 Å². The van der Waals surface area contributed by atoms with Crippen molar-refractivity contribution in [3.63, 3.8) is 0 Å². The van der Waals surface area contributed by atoms with Crippen molar-refractivity contribution in [3.8, 4) is 6.07 Å². The second-order valence-electron chi connectivity index (χ2n) is 10.6. The van der Waals surface area contributed by atoms with E-state index in [9.17, 15) is 23.6 Å². The van der Waals surface area contributed by atoms with E-state index in [4.69, 9.17) is 19.0 Å². The summed E-state index contributed by atoms with van der Waals surface area (Å²) in [6.07, 6.45) is 0.841. The molecule has 1 amide bonds. The van der Waals surface area contributed by atoms with Gasteiger partial charge in [-0.2, -0.15) is 5.26 Å². The number of carbonyl (C=O) groups excluding carboxylic acids is 1. The van der Waals surface area contributed by atoms with Crippen molar-refractivity contribution in [3.05, 3.63) is 65.7 Å². The standard InChI is InChI=1S/C29H35N3O8S/c30-17-21-9-6-12-23(15-21)41(35,36)32(40-22-10-4-5-11-22)18-26(33)25(16-20-7-2-1-3-8-20)31-29(34)39-27-19-38-28-24(27)13-14-37-28/h1-3,6-9,12,15,22,24-28,33H,4-5,10-11,13-14,16,18-19H2,(H,31,34). The third kappa shape index (κ3) is 7.24. The summed E-state index contributed by atoms with van der Waals surface area (Å²) in [7, 11) is -4.25. The molecule has 2 aromatic rings. The number of ether oxygens (including phenoxy) is 3. The summed E-state index contributed by atoms with van der Waals surface area (Å²) in [5.41, 5.74) is 1.02. The molecule has 2 heterocycles. The average Bonchev–Trinajstić information content (AvgIpc) is 3.74. The van der Waals surface area contributed by atoms with Crippen LogP contribution in [0.2, 0.25) is 0 Å². The lowest BCUT2D eigenvalue weighted by atomic mass is 10.0. The van der Waals surface area contributed by atoms with Crippen molar-refractivity contribution in [2.45, 2.75) is 74.1 Å². The quantitative estimate of drug-likeness (QED) is 0.380. The van der Waals surface area contributed by atoms with E-state index in [2.05, 4.69) is 5.32 Å². The van der Waals surface area contributed by atoms with Gasteiger partial charge < -0.3 is 24.6 Å². The molecule has 2 N–H and O–H groups in total. The van der Waals surface area contributed by atoms with Gasteiger partial charge in [-0.3, -0.25) is 4.84 Å². The first-order chi connectivity index (χ1) is 19.8. The fraction of sp³-hybridized carbons (Fsp3) is 0.517. The molecule has 2 saturated heterocycles. The molecule has 3 fully saturated rings. The van der Waals surface area contributed by atoms with Crippen molar-refractivity contribution < 1.29 is 37.4 Å². The largest absolute Gasteiger partial charge is 0.443 e. The zero-order valence-corrected chi connectivity index (χ0v) is 23.4. The molecule has 0 radical (unpaired) electrons. The Morgan fingerprint density at radius 3 is 2.66 bits per heavy atom. The Bertz CT molecular complexity index is 1330. The molecular weight excluding hydrogens is 550 g/mol. The van der Waals surface area contributed by atoms with Gasteiger partial charge in [-0.25, -0.2) is 13.2 Å². The van der Waals surface area contributed by atoms with E-state index >= 15 is 0 Å². The van der Waals surface area contributed by atoms with Crippen LogP contribution >= 0.6 is 0 Å². The number of nitrogens with zero attached hydrogens (tertiary/aromatic N) is 2. The van der Waals surface area contributed by atoms with E-state index < -0.39 is 40.9 Å². The zero-order valence-electron chi connectivity index (χ0n) is 22.6.